The Morgan fingerprint density at radius 3 is 2.33 bits per heavy atom. The molecule has 0 fully saturated rings. The summed E-state index contributed by atoms with van der Waals surface area (Å²) >= 11 is 0. The zero-order valence-electron chi connectivity index (χ0n) is 7.25. The molecule has 0 spiro atoms. The van der Waals surface area contributed by atoms with E-state index in [-0.39, 0.29) is 11.9 Å². The molecular weight excluding hydrogens is 154 g/mol. The number of nitrogens with two attached hydrogens (primary N) is 3. The highest BCUT2D eigenvalue weighted by atomic mass is 15.1. The fourth-order valence-electron chi connectivity index (χ4n) is 0.472. The predicted molar refractivity (Wildman–Crippen MR) is 51.7 cm³/mol. The molecule has 0 radical (unpaired) electrons. The van der Waals surface area contributed by atoms with Crippen LogP contribution in [-0.4, -0.2) is 18.5 Å². The Labute approximate surface area is 72.0 Å². The average molecular weight is 169 g/mol. The minimum absolute atomic E-state index is 0.0849. The van der Waals surface area contributed by atoms with Crippen molar-refractivity contribution in [3.05, 3.63) is 12.2 Å². The normalized spacial score (nSPS) is 10.9. The summed E-state index contributed by atoms with van der Waals surface area (Å²) in [5.41, 5.74) is 16.5. The van der Waals surface area contributed by atoms with Crippen molar-refractivity contribution >= 4 is 11.9 Å². The maximum Gasteiger partial charge on any atom is 0.218 e. The second-order valence-corrected chi connectivity index (χ2v) is 2.31. The van der Waals surface area contributed by atoms with Crippen molar-refractivity contribution in [2.24, 2.45) is 27.2 Å². The van der Waals surface area contributed by atoms with Gasteiger partial charge in [-0.3, -0.25) is 0 Å². The Bertz CT molecular complexity index is 212. The van der Waals surface area contributed by atoms with Crippen molar-refractivity contribution in [2.75, 3.05) is 6.54 Å². The minimum atomic E-state index is -0.0849. The van der Waals surface area contributed by atoms with Gasteiger partial charge in [0.1, 0.15) is 0 Å². The Morgan fingerprint density at radius 1 is 1.33 bits per heavy atom. The summed E-state index contributed by atoms with van der Waals surface area (Å²) < 4.78 is 0. The lowest BCUT2D eigenvalue weighted by Crippen LogP contribution is -2.26. The molecule has 5 heteroatoms. The van der Waals surface area contributed by atoms with Crippen LogP contribution in [0.3, 0.4) is 0 Å². The summed E-state index contributed by atoms with van der Waals surface area (Å²) in [6, 6.07) is 0. The fraction of sp³-hybridized carbons (Fsp3) is 0.429. The third-order valence-electron chi connectivity index (χ3n) is 1.21. The molecule has 0 heterocycles. The van der Waals surface area contributed by atoms with Crippen LogP contribution in [-0.2, 0) is 0 Å². The molecule has 0 aliphatic heterocycles. The molecule has 5 nitrogen and oxygen atoms in total. The van der Waals surface area contributed by atoms with E-state index < -0.39 is 0 Å². The molecule has 0 aliphatic rings. The lowest BCUT2D eigenvalue weighted by molar-refractivity contribution is 1.01. The summed E-state index contributed by atoms with van der Waals surface area (Å²) in [7, 11) is 0. The number of nitrogens with zero attached hydrogens (tertiary/aromatic N) is 2. The van der Waals surface area contributed by atoms with Crippen molar-refractivity contribution in [1.82, 2.24) is 0 Å². The quantitative estimate of drug-likeness (QED) is 0.302. The molecule has 0 amide bonds. The molecule has 0 unspecified atom stereocenters. The van der Waals surface area contributed by atoms with Gasteiger partial charge in [0.25, 0.3) is 0 Å². The van der Waals surface area contributed by atoms with E-state index in [0.717, 1.165) is 12.0 Å². The van der Waals surface area contributed by atoms with Gasteiger partial charge in [-0.05, 0) is 6.42 Å². The van der Waals surface area contributed by atoms with Gasteiger partial charge in [-0.15, -0.1) is 0 Å². The highest BCUT2D eigenvalue weighted by molar-refractivity contribution is 5.92. The smallest absolute Gasteiger partial charge is 0.218 e. The van der Waals surface area contributed by atoms with Crippen LogP contribution in [0.2, 0.25) is 0 Å². The van der Waals surface area contributed by atoms with Crippen LogP contribution < -0.4 is 17.2 Å². The SMILES string of the molecule is C=C(CC)CN=C(N)N=C(N)N. The van der Waals surface area contributed by atoms with Crippen molar-refractivity contribution in [1.29, 1.82) is 0 Å². The van der Waals surface area contributed by atoms with Crippen LogP contribution in [0.1, 0.15) is 13.3 Å². The molecule has 0 saturated heterocycles. The van der Waals surface area contributed by atoms with Crippen LogP contribution in [0, 0.1) is 0 Å². The van der Waals surface area contributed by atoms with Crippen molar-refractivity contribution in [3.8, 4) is 0 Å². The summed E-state index contributed by atoms with van der Waals surface area (Å²) in [4.78, 5) is 7.42. The number of rotatable bonds is 3. The second-order valence-electron chi connectivity index (χ2n) is 2.31. The molecule has 6 N–H and O–H groups in total. The monoisotopic (exact) mass is 169 g/mol. The number of aliphatic imine (C=N–C) groups is 2. The van der Waals surface area contributed by atoms with E-state index in [0.29, 0.717) is 6.54 Å². The summed E-state index contributed by atoms with van der Waals surface area (Å²) in [6.45, 7) is 6.22. The first-order chi connectivity index (χ1) is 5.56. The van der Waals surface area contributed by atoms with Crippen LogP contribution in [0.15, 0.2) is 22.1 Å². The van der Waals surface area contributed by atoms with Gasteiger partial charge < -0.3 is 17.2 Å². The molecule has 12 heavy (non-hydrogen) atoms. The summed E-state index contributed by atoms with van der Waals surface area (Å²) in [6.07, 6.45) is 0.874. The standard InChI is InChI=1S/C7H15N5/c1-3-5(2)4-11-7(10)12-6(8)9/h2-4H2,1H3,(H6,8,9,10,11,12). The zero-order valence-corrected chi connectivity index (χ0v) is 7.25. The van der Waals surface area contributed by atoms with Gasteiger partial charge >= 0.3 is 0 Å². The van der Waals surface area contributed by atoms with Gasteiger partial charge in [-0.1, -0.05) is 19.1 Å². The van der Waals surface area contributed by atoms with E-state index in [1.807, 2.05) is 6.92 Å². The maximum atomic E-state index is 5.34. The molecule has 0 aromatic rings. The lowest BCUT2D eigenvalue weighted by Gasteiger charge is -1.96. The molecule has 0 saturated carbocycles. The number of hydrogen-bond acceptors (Lipinski definition) is 1. The highest BCUT2D eigenvalue weighted by Crippen LogP contribution is 1.95. The third kappa shape index (κ3) is 5.28. The van der Waals surface area contributed by atoms with Crippen molar-refractivity contribution in [3.63, 3.8) is 0 Å². The van der Waals surface area contributed by atoms with E-state index in [1.54, 1.807) is 0 Å². The fourth-order valence-corrected chi connectivity index (χ4v) is 0.472. The molecule has 0 aromatic heterocycles. The number of guanidine groups is 2. The molecule has 0 aromatic carbocycles. The van der Waals surface area contributed by atoms with E-state index in [4.69, 9.17) is 17.2 Å². The maximum absolute atomic E-state index is 5.34. The lowest BCUT2D eigenvalue weighted by atomic mass is 10.2. The van der Waals surface area contributed by atoms with Crippen LogP contribution >= 0.6 is 0 Å². The second kappa shape index (κ2) is 5.17. The number of hydrogen-bond donors (Lipinski definition) is 3. The van der Waals surface area contributed by atoms with Gasteiger partial charge in [0, 0.05) is 0 Å². The highest BCUT2D eigenvalue weighted by Gasteiger charge is 1.90. The Kier molecular flexibility index (Phi) is 4.52. The van der Waals surface area contributed by atoms with Gasteiger partial charge in [0.05, 0.1) is 6.54 Å². The Hall–Kier alpha value is -1.52. The molecule has 0 atom stereocenters. The zero-order chi connectivity index (χ0) is 9.56. The van der Waals surface area contributed by atoms with Gasteiger partial charge in [-0.25, -0.2) is 4.99 Å². The first-order valence-corrected chi connectivity index (χ1v) is 3.62. The first-order valence-electron chi connectivity index (χ1n) is 3.62. The van der Waals surface area contributed by atoms with Crippen molar-refractivity contribution in [2.45, 2.75) is 13.3 Å². The first kappa shape index (κ1) is 10.5. The van der Waals surface area contributed by atoms with Crippen LogP contribution in [0.5, 0.6) is 0 Å². The Morgan fingerprint density at radius 2 is 1.92 bits per heavy atom. The van der Waals surface area contributed by atoms with E-state index >= 15 is 0 Å². The molecule has 0 aliphatic carbocycles. The van der Waals surface area contributed by atoms with E-state index in [2.05, 4.69) is 16.6 Å². The van der Waals surface area contributed by atoms with Gasteiger partial charge in [0.2, 0.25) is 5.96 Å². The minimum Gasteiger partial charge on any atom is -0.370 e. The molecule has 68 valence electrons. The van der Waals surface area contributed by atoms with Crippen LogP contribution in [0.4, 0.5) is 0 Å². The van der Waals surface area contributed by atoms with Crippen molar-refractivity contribution < 1.29 is 0 Å². The molecule has 0 bridgehead atoms. The van der Waals surface area contributed by atoms with Crippen LogP contribution in [0.25, 0.3) is 0 Å². The van der Waals surface area contributed by atoms with Gasteiger partial charge in [-0.2, -0.15) is 4.99 Å². The third-order valence-corrected chi connectivity index (χ3v) is 1.21. The predicted octanol–water partition coefficient (Wildman–Crippen LogP) is -0.459. The Balaban J connectivity index is 4.02. The molecular formula is C7H15N5. The van der Waals surface area contributed by atoms with E-state index in [1.165, 1.54) is 0 Å². The average Bonchev–Trinajstić information content (AvgIpc) is 1.99. The summed E-state index contributed by atoms with van der Waals surface area (Å²) in [5.74, 6) is 0.00274. The van der Waals surface area contributed by atoms with E-state index in [9.17, 15) is 0 Å². The largest absolute Gasteiger partial charge is 0.370 e. The molecule has 0 rings (SSSR count). The van der Waals surface area contributed by atoms with Gasteiger partial charge in [0.15, 0.2) is 5.96 Å². The topological polar surface area (TPSA) is 103 Å². The summed E-state index contributed by atoms with van der Waals surface area (Å²) in [5, 5.41) is 0.